The van der Waals surface area contributed by atoms with Gasteiger partial charge >= 0.3 is 0 Å². The molecule has 144 valence electrons. The van der Waals surface area contributed by atoms with Crippen molar-refractivity contribution in [2.45, 2.75) is 13.8 Å². The van der Waals surface area contributed by atoms with Gasteiger partial charge in [-0.25, -0.2) is 4.98 Å². The molecule has 0 saturated carbocycles. The summed E-state index contributed by atoms with van der Waals surface area (Å²) >= 11 is 0. The molecule has 0 unspecified atom stereocenters. The second-order valence-corrected chi connectivity index (χ2v) is 6.44. The minimum Gasteiger partial charge on any atom is -0.321 e. The number of hydrogen-bond acceptors (Lipinski definition) is 4. The van der Waals surface area contributed by atoms with Gasteiger partial charge in [0.25, 0.3) is 11.8 Å². The Bertz CT molecular complexity index is 1100. The molecule has 2 aromatic carbocycles. The molecule has 0 aliphatic carbocycles. The molecule has 0 fully saturated rings. The number of hydrogen-bond donors (Lipinski definition) is 1. The van der Waals surface area contributed by atoms with Gasteiger partial charge in [0.15, 0.2) is 0 Å². The van der Waals surface area contributed by atoms with Crippen molar-refractivity contribution < 1.29 is 9.59 Å². The normalized spacial score (nSPS) is 10.1. The fourth-order valence-corrected chi connectivity index (χ4v) is 2.92. The number of nitrogens with zero attached hydrogens (tertiary/aromatic N) is 3. The van der Waals surface area contributed by atoms with Gasteiger partial charge in [0.05, 0.1) is 11.6 Å². The van der Waals surface area contributed by atoms with Gasteiger partial charge in [0, 0.05) is 17.9 Å². The van der Waals surface area contributed by atoms with Crippen LogP contribution in [0.5, 0.6) is 0 Å². The number of nitriles is 1. The zero-order valence-corrected chi connectivity index (χ0v) is 16.2. The average molecular weight is 384 g/mol. The Hall–Kier alpha value is -3.98. The first-order valence-corrected chi connectivity index (χ1v) is 9.19. The number of amides is 2. The van der Waals surface area contributed by atoms with Gasteiger partial charge in [-0.3, -0.25) is 9.59 Å². The number of rotatable bonds is 5. The Labute approximate surface area is 169 Å². The van der Waals surface area contributed by atoms with E-state index in [0.29, 0.717) is 17.8 Å². The maximum absolute atomic E-state index is 13.0. The fourth-order valence-electron chi connectivity index (χ4n) is 2.92. The van der Waals surface area contributed by atoms with E-state index in [0.717, 1.165) is 11.3 Å². The van der Waals surface area contributed by atoms with Crippen LogP contribution in [0.3, 0.4) is 0 Å². The lowest BCUT2D eigenvalue weighted by Crippen LogP contribution is -2.31. The molecule has 1 N–H and O–H groups in total. The molecule has 0 atom stereocenters. The van der Waals surface area contributed by atoms with Gasteiger partial charge in [-0.15, -0.1) is 0 Å². The Balaban J connectivity index is 1.83. The summed E-state index contributed by atoms with van der Waals surface area (Å²) in [7, 11) is 0. The third-order valence-corrected chi connectivity index (χ3v) is 4.33. The largest absolute Gasteiger partial charge is 0.321 e. The van der Waals surface area contributed by atoms with Gasteiger partial charge in [-0.2, -0.15) is 5.26 Å². The van der Waals surface area contributed by atoms with Crippen LogP contribution < -0.4 is 10.2 Å². The summed E-state index contributed by atoms with van der Waals surface area (Å²) < 4.78 is 0. The molecule has 0 radical (unpaired) electrons. The maximum atomic E-state index is 13.0. The highest BCUT2D eigenvalue weighted by atomic mass is 16.2. The summed E-state index contributed by atoms with van der Waals surface area (Å²) in [4.78, 5) is 31.4. The summed E-state index contributed by atoms with van der Waals surface area (Å²) in [6.07, 6.45) is 0. The highest BCUT2D eigenvalue weighted by Gasteiger charge is 2.19. The van der Waals surface area contributed by atoms with Crippen molar-refractivity contribution in [2.75, 3.05) is 16.8 Å². The van der Waals surface area contributed by atoms with Crippen molar-refractivity contribution >= 4 is 23.2 Å². The molecular formula is C23H20N4O2. The van der Waals surface area contributed by atoms with E-state index in [9.17, 15) is 9.59 Å². The Kier molecular flexibility index (Phi) is 6.00. The van der Waals surface area contributed by atoms with Crippen molar-refractivity contribution in [1.29, 1.82) is 5.26 Å². The molecule has 0 saturated heterocycles. The Morgan fingerprint density at radius 1 is 1.03 bits per heavy atom. The first kappa shape index (κ1) is 19.8. The van der Waals surface area contributed by atoms with Gasteiger partial charge in [0.2, 0.25) is 0 Å². The Morgan fingerprint density at radius 3 is 2.48 bits per heavy atom. The smallest absolute Gasteiger partial charge is 0.276 e. The molecule has 6 heteroatoms. The predicted molar refractivity (Wildman–Crippen MR) is 112 cm³/mol. The summed E-state index contributed by atoms with van der Waals surface area (Å²) in [6, 6.07) is 21.0. The quantitative estimate of drug-likeness (QED) is 0.715. The second-order valence-electron chi connectivity index (χ2n) is 6.44. The molecule has 3 aromatic rings. The van der Waals surface area contributed by atoms with E-state index < -0.39 is 5.91 Å². The monoisotopic (exact) mass is 384 g/mol. The molecule has 29 heavy (non-hydrogen) atoms. The number of carbonyl (C=O) groups is 2. The molecule has 2 amide bonds. The first-order chi connectivity index (χ1) is 14.0. The van der Waals surface area contributed by atoms with Crippen molar-refractivity contribution in [3.05, 3.63) is 89.2 Å². The lowest BCUT2D eigenvalue weighted by atomic mass is 10.2. The Morgan fingerprint density at radius 2 is 1.76 bits per heavy atom. The molecule has 0 bridgehead atoms. The lowest BCUT2D eigenvalue weighted by Gasteiger charge is -2.21. The maximum Gasteiger partial charge on any atom is 0.276 e. The molecular weight excluding hydrogens is 364 g/mol. The van der Waals surface area contributed by atoms with E-state index in [1.807, 2.05) is 44.2 Å². The van der Waals surface area contributed by atoms with E-state index >= 15 is 0 Å². The molecule has 0 aliphatic rings. The van der Waals surface area contributed by atoms with Crippen LogP contribution in [0.15, 0.2) is 66.7 Å². The lowest BCUT2D eigenvalue weighted by molar-refractivity contribution is 0.0983. The van der Waals surface area contributed by atoms with Crippen LogP contribution in [0.25, 0.3) is 0 Å². The molecule has 1 aromatic heterocycles. The van der Waals surface area contributed by atoms with Crippen LogP contribution in [0.2, 0.25) is 0 Å². The van der Waals surface area contributed by atoms with Crippen molar-refractivity contribution in [2.24, 2.45) is 0 Å². The minimum atomic E-state index is -0.451. The van der Waals surface area contributed by atoms with Gasteiger partial charge in [-0.05, 0) is 61.9 Å². The summed E-state index contributed by atoms with van der Waals surface area (Å²) in [5.74, 6) is -0.729. The summed E-state index contributed by atoms with van der Waals surface area (Å²) in [5.41, 5.74) is 3.07. The number of aryl methyl sites for hydroxylation is 1. The van der Waals surface area contributed by atoms with Crippen molar-refractivity contribution in [3.63, 3.8) is 0 Å². The fraction of sp³-hybridized carbons (Fsp3) is 0.130. The predicted octanol–water partition coefficient (Wildman–Crippen LogP) is 4.18. The minimum absolute atomic E-state index is 0.124. The standard InChI is InChI=1S/C23H20N4O2/c1-3-27(19-10-4-7-16(2)13-19)23(29)21-12-6-11-20(26-21)22(28)25-18-9-5-8-17(14-18)15-24/h4-14H,3H2,1-2H3,(H,25,28). The molecule has 0 spiro atoms. The van der Waals surface area contributed by atoms with E-state index in [1.165, 1.54) is 0 Å². The molecule has 0 aliphatic heterocycles. The van der Waals surface area contributed by atoms with E-state index in [1.54, 1.807) is 47.4 Å². The number of benzene rings is 2. The van der Waals surface area contributed by atoms with Crippen LogP contribution >= 0.6 is 0 Å². The third-order valence-electron chi connectivity index (χ3n) is 4.33. The van der Waals surface area contributed by atoms with E-state index in [2.05, 4.69) is 10.3 Å². The van der Waals surface area contributed by atoms with E-state index in [-0.39, 0.29) is 17.3 Å². The summed E-state index contributed by atoms with van der Waals surface area (Å²) in [6.45, 7) is 4.33. The highest BCUT2D eigenvalue weighted by molar-refractivity contribution is 6.07. The topological polar surface area (TPSA) is 86.1 Å². The number of anilines is 2. The van der Waals surface area contributed by atoms with Crippen LogP contribution in [0.1, 0.15) is 39.0 Å². The summed E-state index contributed by atoms with van der Waals surface area (Å²) in [5, 5.41) is 11.7. The first-order valence-electron chi connectivity index (χ1n) is 9.19. The van der Waals surface area contributed by atoms with E-state index in [4.69, 9.17) is 5.26 Å². The van der Waals surface area contributed by atoms with Crippen LogP contribution in [0.4, 0.5) is 11.4 Å². The number of nitrogens with one attached hydrogen (secondary N) is 1. The van der Waals surface area contributed by atoms with Crippen molar-refractivity contribution in [1.82, 2.24) is 4.98 Å². The van der Waals surface area contributed by atoms with Gasteiger partial charge < -0.3 is 10.2 Å². The second kappa shape index (κ2) is 8.81. The third kappa shape index (κ3) is 4.66. The SMILES string of the molecule is CCN(C(=O)c1cccc(C(=O)Nc2cccc(C#N)c2)n1)c1cccc(C)c1. The number of aromatic nitrogens is 1. The molecule has 1 heterocycles. The highest BCUT2D eigenvalue weighted by Crippen LogP contribution is 2.18. The molecule has 6 nitrogen and oxygen atoms in total. The number of pyridine rings is 1. The van der Waals surface area contributed by atoms with Crippen LogP contribution in [0, 0.1) is 18.3 Å². The zero-order chi connectivity index (χ0) is 20.8. The van der Waals surface area contributed by atoms with Crippen LogP contribution in [-0.2, 0) is 0 Å². The zero-order valence-electron chi connectivity index (χ0n) is 16.2. The van der Waals surface area contributed by atoms with Crippen molar-refractivity contribution in [3.8, 4) is 6.07 Å². The van der Waals surface area contributed by atoms with Gasteiger partial charge in [-0.1, -0.05) is 24.3 Å². The van der Waals surface area contributed by atoms with Crippen LogP contribution in [-0.4, -0.2) is 23.3 Å². The average Bonchev–Trinajstić information content (AvgIpc) is 2.74. The molecule has 3 rings (SSSR count). The van der Waals surface area contributed by atoms with Gasteiger partial charge in [0.1, 0.15) is 11.4 Å². The number of carbonyl (C=O) groups excluding carboxylic acids is 2.